The summed E-state index contributed by atoms with van der Waals surface area (Å²) in [5.74, 6) is 0. The first kappa shape index (κ1) is 64.3. The fourth-order valence-corrected chi connectivity index (χ4v) is 16.9. The molecule has 4 aliphatic rings. The predicted molar refractivity (Wildman–Crippen MR) is 376 cm³/mol. The van der Waals surface area contributed by atoms with Gasteiger partial charge in [-0.15, -0.1) is 0 Å². The van der Waals surface area contributed by atoms with E-state index in [9.17, 15) is 0 Å². The topological polar surface area (TPSA) is 0 Å². The quantitative estimate of drug-likeness (QED) is 0.0338. The SMILES string of the molecule is CCCCCCCCC1(CCCCCCCC)c2cc(-c3ccc4c(c3)C(CCCCCCCCc3ccc5c(c3)CC5)(CCCCCCCCc3ccc5c(c3)CC5)c3cc(C(C)(CC)CC)ccc3-4)ccc2-c2ccc(C(C)(CC)CC)cc21. The van der Waals surface area contributed by atoms with Gasteiger partial charge in [0.2, 0.25) is 0 Å². The summed E-state index contributed by atoms with van der Waals surface area (Å²) in [6.45, 7) is 19.5. The van der Waals surface area contributed by atoms with Crippen LogP contribution >= 0.6 is 0 Å². The van der Waals surface area contributed by atoms with Crippen LogP contribution in [0, 0.1) is 0 Å². The zero-order chi connectivity index (χ0) is 60.0. The smallest absolute Gasteiger partial charge is 0.0215 e. The molecule has 0 heterocycles. The summed E-state index contributed by atoms with van der Waals surface area (Å²) in [6, 6.07) is 46.3. The van der Waals surface area contributed by atoms with Gasteiger partial charge in [0.05, 0.1) is 0 Å². The van der Waals surface area contributed by atoms with Crippen molar-refractivity contribution in [2.75, 3.05) is 0 Å². The normalized spacial score (nSPS) is 14.9. The van der Waals surface area contributed by atoms with Crippen LogP contribution < -0.4 is 0 Å². The van der Waals surface area contributed by atoms with Gasteiger partial charge < -0.3 is 0 Å². The van der Waals surface area contributed by atoms with E-state index in [0.29, 0.717) is 0 Å². The standard InChI is InChI=1S/C86H118/c1-9-15-17-19-27-33-55-85(56-34-28-20-18-16-10-2)79-61-71(47-51-75(79)77-53-49-73(63-81(77)85)83(7,11-3)12-4)72-48-52-76-78-54-50-74(84(8,13-5)14-6)64-82(78)86(80(76)62-72,57-35-29-23-21-25-31-37-65-39-41-67-43-45-69(67)59-65)58-36-30-24-22-26-32-38-66-40-42-68-44-46-70(68)60-66/h39-42,47-54,59-64H,9-38,43-46,55-58H2,1-8H3. The molecule has 0 aliphatic heterocycles. The molecule has 0 nitrogen and oxygen atoms in total. The summed E-state index contributed by atoms with van der Waals surface area (Å²) in [7, 11) is 0. The highest BCUT2D eigenvalue weighted by Crippen LogP contribution is 2.59. The van der Waals surface area contributed by atoms with Crippen molar-refractivity contribution < 1.29 is 0 Å². The molecule has 6 aromatic rings. The summed E-state index contributed by atoms with van der Waals surface area (Å²) in [6.07, 6.45) is 49.5. The average Bonchev–Trinajstić information content (AvgIpc) is 1.58. The Hall–Kier alpha value is -4.68. The van der Waals surface area contributed by atoms with Crippen molar-refractivity contribution in [2.24, 2.45) is 0 Å². The molecule has 0 aromatic heterocycles. The van der Waals surface area contributed by atoms with Crippen molar-refractivity contribution in [3.05, 3.63) is 176 Å². The van der Waals surface area contributed by atoms with Crippen LogP contribution in [-0.4, -0.2) is 0 Å². The van der Waals surface area contributed by atoms with Crippen LogP contribution in [0.3, 0.4) is 0 Å². The molecule has 0 bridgehead atoms. The monoisotopic (exact) mass is 1150 g/mol. The number of hydrogen-bond acceptors (Lipinski definition) is 0. The van der Waals surface area contributed by atoms with Gasteiger partial charge in [-0.3, -0.25) is 0 Å². The molecule has 86 heavy (non-hydrogen) atoms. The van der Waals surface area contributed by atoms with E-state index in [1.165, 1.54) is 277 Å². The summed E-state index contributed by atoms with van der Waals surface area (Å²) < 4.78 is 0. The summed E-state index contributed by atoms with van der Waals surface area (Å²) in [5, 5.41) is 0. The highest BCUT2D eigenvalue weighted by atomic mass is 14.5. The highest BCUT2D eigenvalue weighted by Gasteiger charge is 2.45. The van der Waals surface area contributed by atoms with Crippen LogP contribution in [0.4, 0.5) is 0 Å². The van der Waals surface area contributed by atoms with Gasteiger partial charge in [-0.1, -0.05) is 294 Å². The van der Waals surface area contributed by atoms with Crippen LogP contribution in [-0.2, 0) is 60.2 Å². The third-order valence-corrected chi connectivity index (χ3v) is 24.0. The van der Waals surface area contributed by atoms with Crippen LogP contribution in [0.15, 0.2) is 109 Å². The van der Waals surface area contributed by atoms with Crippen LogP contribution in [0.5, 0.6) is 0 Å². The van der Waals surface area contributed by atoms with Crippen LogP contribution in [0.2, 0.25) is 0 Å². The number of benzene rings is 6. The molecule has 0 unspecified atom stereocenters. The Morgan fingerprint density at radius 1 is 0.291 bits per heavy atom. The number of hydrogen-bond donors (Lipinski definition) is 0. The minimum Gasteiger partial charge on any atom is -0.0654 e. The number of fused-ring (bicyclic) bond motifs is 8. The van der Waals surface area contributed by atoms with Crippen LogP contribution in [0.25, 0.3) is 33.4 Å². The Kier molecular flexibility index (Phi) is 22.6. The first-order chi connectivity index (χ1) is 42.1. The Balaban J connectivity index is 0.972. The lowest BCUT2D eigenvalue weighted by Gasteiger charge is -2.35. The van der Waals surface area contributed by atoms with Crippen molar-refractivity contribution in [3.8, 4) is 33.4 Å². The third kappa shape index (κ3) is 14.2. The molecular weight excluding hydrogens is 1030 g/mol. The van der Waals surface area contributed by atoms with Gasteiger partial charge in [0.1, 0.15) is 0 Å². The Morgan fingerprint density at radius 2 is 0.593 bits per heavy atom. The van der Waals surface area contributed by atoms with E-state index in [1.807, 2.05) is 0 Å². The molecule has 0 atom stereocenters. The fraction of sp³-hybridized carbons (Fsp3) is 0.581. The first-order valence-electron chi connectivity index (χ1n) is 36.9. The third-order valence-electron chi connectivity index (χ3n) is 24.0. The van der Waals surface area contributed by atoms with Gasteiger partial charge in [-0.25, -0.2) is 0 Å². The van der Waals surface area contributed by atoms with Gasteiger partial charge >= 0.3 is 0 Å². The van der Waals surface area contributed by atoms with Gasteiger partial charge in [0.25, 0.3) is 0 Å². The Bertz CT molecular complexity index is 3040. The predicted octanol–water partition coefficient (Wildman–Crippen LogP) is 25.7. The maximum absolute atomic E-state index is 2.78. The van der Waals surface area contributed by atoms with Crippen molar-refractivity contribution in [1.29, 1.82) is 0 Å². The molecule has 4 aliphatic carbocycles. The van der Waals surface area contributed by atoms with Gasteiger partial charge in [-0.05, 0) is 226 Å². The minimum absolute atomic E-state index is 0.0106. The van der Waals surface area contributed by atoms with Gasteiger partial charge in [0.15, 0.2) is 0 Å². The zero-order valence-corrected chi connectivity index (χ0v) is 56.3. The van der Waals surface area contributed by atoms with E-state index < -0.39 is 0 Å². The second-order valence-corrected chi connectivity index (χ2v) is 29.2. The molecule has 0 heteroatoms. The van der Waals surface area contributed by atoms with E-state index >= 15 is 0 Å². The molecule has 0 radical (unpaired) electrons. The van der Waals surface area contributed by atoms with E-state index in [0.717, 1.165) is 0 Å². The van der Waals surface area contributed by atoms with E-state index in [2.05, 4.69) is 165 Å². The van der Waals surface area contributed by atoms with E-state index in [4.69, 9.17) is 0 Å². The Morgan fingerprint density at radius 3 is 0.907 bits per heavy atom. The van der Waals surface area contributed by atoms with Crippen molar-refractivity contribution >= 4 is 0 Å². The molecule has 0 saturated heterocycles. The number of aryl methyl sites for hydroxylation is 6. The van der Waals surface area contributed by atoms with Crippen LogP contribution in [0.1, 0.15) is 328 Å². The molecule has 0 fully saturated rings. The van der Waals surface area contributed by atoms with Gasteiger partial charge in [0, 0.05) is 10.8 Å². The van der Waals surface area contributed by atoms with Crippen molar-refractivity contribution in [2.45, 2.75) is 321 Å². The van der Waals surface area contributed by atoms with Gasteiger partial charge in [-0.2, -0.15) is 0 Å². The second-order valence-electron chi connectivity index (χ2n) is 29.2. The maximum atomic E-state index is 2.78. The average molecular weight is 1150 g/mol. The number of rotatable bonds is 39. The molecule has 6 aromatic carbocycles. The van der Waals surface area contributed by atoms with E-state index in [-0.39, 0.29) is 21.7 Å². The second kappa shape index (κ2) is 30.2. The summed E-state index contributed by atoms with van der Waals surface area (Å²) in [5.41, 5.74) is 28.7. The molecular formula is C86H118. The number of unbranched alkanes of at least 4 members (excludes halogenated alkanes) is 20. The summed E-state index contributed by atoms with van der Waals surface area (Å²) in [4.78, 5) is 0. The molecule has 0 saturated carbocycles. The lowest BCUT2D eigenvalue weighted by molar-refractivity contribution is 0.394. The summed E-state index contributed by atoms with van der Waals surface area (Å²) >= 11 is 0. The largest absolute Gasteiger partial charge is 0.0654 e. The Labute approximate surface area is 527 Å². The lowest BCUT2D eigenvalue weighted by Crippen LogP contribution is -2.27. The molecule has 0 N–H and O–H groups in total. The first-order valence-corrected chi connectivity index (χ1v) is 36.9. The van der Waals surface area contributed by atoms with Crippen molar-refractivity contribution in [1.82, 2.24) is 0 Å². The fourth-order valence-electron chi connectivity index (χ4n) is 16.9. The molecule has 462 valence electrons. The van der Waals surface area contributed by atoms with Crippen molar-refractivity contribution in [3.63, 3.8) is 0 Å². The maximum Gasteiger partial charge on any atom is 0.0215 e. The van der Waals surface area contributed by atoms with E-state index in [1.54, 1.807) is 66.8 Å². The molecule has 10 rings (SSSR count). The molecule has 0 spiro atoms. The zero-order valence-electron chi connectivity index (χ0n) is 56.3. The molecule has 0 amide bonds. The minimum atomic E-state index is 0.0106. The lowest BCUT2D eigenvalue weighted by atomic mass is 9.68. The highest BCUT2D eigenvalue weighted by molar-refractivity contribution is 5.87.